The molecule has 0 bridgehead atoms. The molecule has 2 amide bonds. The topological polar surface area (TPSA) is 124 Å². The molecule has 9 nitrogen and oxygen atoms in total. The molecule has 2 heterocycles. The number of hydrogen-bond acceptors (Lipinski definition) is 7. The number of rotatable bonds is 3. The fourth-order valence-electron chi connectivity index (χ4n) is 5.68. The van der Waals surface area contributed by atoms with E-state index in [1.54, 1.807) is 24.3 Å². The number of carbonyl (C=O) groups is 4. The maximum atomic E-state index is 13.9. The van der Waals surface area contributed by atoms with Gasteiger partial charge in [-0.1, -0.05) is 48.5 Å². The van der Waals surface area contributed by atoms with Crippen LogP contribution >= 0.6 is 0 Å². The number of carbonyl (C=O) groups excluding carboxylic acids is 4. The number of non-ortho nitro benzene ring substituents is 1. The maximum Gasteiger partial charge on any atom is 0.269 e. The smallest absolute Gasteiger partial charge is 0.269 e. The van der Waals surface area contributed by atoms with Crippen LogP contribution in [0.1, 0.15) is 37.9 Å². The first-order valence-electron chi connectivity index (χ1n) is 11.3. The number of nitrogens with zero attached hydrogens (tertiary/aromatic N) is 2. The van der Waals surface area contributed by atoms with E-state index in [1.807, 2.05) is 19.1 Å². The Morgan fingerprint density at radius 2 is 1.42 bits per heavy atom. The van der Waals surface area contributed by atoms with Crippen molar-refractivity contribution in [1.29, 1.82) is 0 Å². The third-order valence-corrected chi connectivity index (χ3v) is 7.33. The number of hydrogen-bond donors (Lipinski definition) is 0. The quantitative estimate of drug-likeness (QED) is 0.242. The molecule has 3 aromatic rings. The molecule has 36 heavy (non-hydrogen) atoms. The number of fused-ring (bicyclic) bond motifs is 3. The van der Waals surface area contributed by atoms with Crippen molar-refractivity contribution in [3.05, 3.63) is 105 Å². The van der Waals surface area contributed by atoms with Crippen LogP contribution in [0.15, 0.2) is 72.8 Å². The molecule has 3 atom stereocenters. The van der Waals surface area contributed by atoms with Gasteiger partial charge in [-0.25, -0.2) is 4.90 Å². The van der Waals surface area contributed by atoms with Crippen LogP contribution in [0.4, 0.5) is 11.4 Å². The van der Waals surface area contributed by atoms with Gasteiger partial charge in [0.25, 0.3) is 5.69 Å². The van der Waals surface area contributed by atoms with Crippen LogP contribution in [-0.2, 0) is 14.3 Å². The molecule has 2 fully saturated rings. The second kappa shape index (κ2) is 7.50. The van der Waals surface area contributed by atoms with E-state index in [4.69, 9.17) is 4.74 Å². The zero-order chi connectivity index (χ0) is 25.4. The summed E-state index contributed by atoms with van der Waals surface area (Å²) in [7, 11) is 0. The number of amides is 2. The number of benzene rings is 3. The van der Waals surface area contributed by atoms with Crippen molar-refractivity contribution in [1.82, 2.24) is 0 Å². The molecule has 1 aliphatic carbocycles. The molecule has 9 heteroatoms. The summed E-state index contributed by atoms with van der Waals surface area (Å²) in [6, 6.07) is 18.4. The summed E-state index contributed by atoms with van der Waals surface area (Å²) in [5, 5.41) is 11.1. The number of anilines is 1. The minimum Gasteiger partial charge on any atom is -0.349 e. The number of ketones is 2. The second-order valence-corrected chi connectivity index (χ2v) is 9.12. The summed E-state index contributed by atoms with van der Waals surface area (Å²) < 4.78 is 6.27. The highest BCUT2D eigenvalue weighted by Crippen LogP contribution is 2.58. The summed E-state index contributed by atoms with van der Waals surface area (Å²) in [4.78, 5) is 66.6. The first-order chi connectivity index (χ1) is 17.3. The molecular weight excluding hydrogens is 464 g/mol. The minimum absolute atomic E-state index is 0.124. The lowest BCUT2D eigenvalue weighted by Crippen LogP contribution is -2.51. The molecule has 2 aliphatic heterocycles. The van der Waals surface area contributed by atoms with Gasteiger partial charge in [0.1, 0.15) is 0 Å². The first-order valence-corrected chi connectivity index (χ1v) is 11.3. The monoisotopic (exact) mass is 482 g/mol. The van der Waals surface area contributed by atoms with Gasteiger partial charge in [-0.3, -0.25) is 29.3 Å². The van der Waals surface area contributed by atoms with Crippen molar-refractivity contribution in [2.75, 3.05) is 4.90 Å². The summed E-state index contributed by atoms with van der Waals surface area (Å²) in [6.45, 7) is 1.82. The molecule has 0 radical (unpaired) electrons. The Hall–Kier alpha value is -4.50. The predicted molar refractivity (Wildman–Crippen MR) is 125 cm³/mol. The van der Waals surface area contributed by atoms with Crippen LogP contribution < -0.4 is 4.90 Å². The Bertz CT molecular complexity index is 1480. The summed E-state index contributed by atoms with van der Waals surface area (Å²) >= 11 is 0. The summed E-state index contributed by atoms with van der Waals surface area (Å²) in [5.74, 6) is -5.15. The SMILES string of the molecule is Cc1ccccc1[C@@H]1OC2(C(=O)c3ccccc3C2=O)[C@H]2C(=O)N(c3ccc([N+](=O)[O-])cc3)C(=O)[C@@H]12. The van der Waals surface area contributed by atoms with Crippen molar-refractivity contribution >= 4 is 34.8 Å². The number of nitro groups is 1. The number of ether oxygens (including phenoxy) is 1. The zero-order valence-electron chi connectivity index (χ0n) is 18.9. The summed E-state index contributed by atoms with van der Waals surface area (Å²) in [6.07, 6.45) is -1.02. The van der Waals surface area contributed by atoms with E-state index in [0.717, 1.165) is 10.5 Å². The predicted octanol–water partition coefficient (Wildman–Crippen LogP) is 3.60. The van der Waals surface area contributed by atoms with E-state index in [0.29, 0.717) is 5.56 Å². The van der Waals surface area contributed by atoms with Crippen LogP contribution in [0.2, 0.25) is 0 Å². The van der Waals surface area contributed by atoms with Gasteiger partial charge < -0.3 is 4.74 Å². The number of imide groups is 1. The Morgan fingerprint density at radius 3 is 2.00 bits per heavy atom. The van der Waals surface area contributed by atoms with Crippen LogP contribution in [0.3, 0.4) is 0 Å². The standard InChI is InChI=1S/C27H18N2O7/c1-14-6-2-3-7-17(14)22-20-21(27(36-22)23(30)18-8-4-5-9-19(18)24(27)31)26(33)28(25(20)32)15-10-12-16(13-11-15)29(34)35/h2-13,20-22H,1H3/t20-,21-,22+/m1/s1. The van der Waals surface area contributed by atoms with Gasteiger partial charge in [0.15, 0.2) is 0 Å². The van der Waals surface area contributed by atoms with Gasteiger partial charge in [-0.15, -0.1) is 0 Å². The van der Waals surface area contributed by atoms with E-state index in [1.165, 1.54) is 36.4 Å². The molecule has 0 aromatic heterocycles. The lowest BCUT2D eigenvalue weighted by atomic mass is 9.77. The Morgan fingerprint density at radius 1 is 0.833 bits per heavy atom. The van der Waals surface area contributed by atoms with Crippen molar-refractivity contribution in [2.45, 2.75) is 18.6 Å². The minimum atomic E-state index is -2.16. The van der Waals surface area contributed by atoms with Crippen molar-refractivity contribution in [2.24, 2.45) is 11.8 Å². The van der Waals surface area contributed by atoms with Gasteiger partial charge in [0.05, 0.1) is 28.6 Å². The largest absolute Gasteiger partial charge is 0.349 e. The van der Waals surface area contributed by atoms with E-state index in [2.05, 4.69) is 0 Å². The van der Waals surface area contributed by atoms with Crippen LogP contribution in [0.25, 0.3) is 0 Å². The highest BCUT2D eigenvalue weighted by atomic mass is 16.6. The third-order valence-electron chi connectivity index (χ3n) is 7.33. The van der Waals surface area contributed by atoms with Crippen LogP contribution in [0.5, 0.6) is 0 Å². The molecule has 6 rings (SSSR count). The highest BCUT2D eigenvalue weighted by Gasteiger charge is 2.74. The van der Waals surface area contributed by atoms with Crippen molar-refractivity contribution in [3.63, 3.8) is 0 Å². The Kier molecular flexibility index (Phi) is 4.58. The third kappa shape index (κ3) is 2.68. The molecule has 0 saturated carbocycles. The average molecular weight is 482 g/mol. The fourth-order valence-corrected chi connectivity index (χ4v) is 5.68. The first kappa shape index (κ1) is 22.0. The lowest BCUT2D eigenvalue weighted by molar-refractivity contribution is -0.384. The van der Waals surface area contributed by atoms with Gasteiger partial charge in [-0.2, -0.15) is 0 Å². The van der Waals surface area contributed by atoms with Gasteiger partial charge >= 0.3 is 0 Å². The second-order valence-electron chi connectivity index (χ2n) is 9.12. The van der Waals surface area contributed by atoms with E-state index < -0.39 is 51.8 Å². The normalized spacial score (nSPS) is 23.9. The molecule has 1 spiro atoms. The van der Waals surface area contributed by atoms with E-state index >= 15 is 0 Å². The van der Waals surface area contributed by atoms with E-state index in [-0.39, 0.29) is 22.5 Å². The van der Waals surface area contributed by atoms with Gasteiger partial charge in [-0.05, 0) is 30.2 Å². The molecule has 178 valence electrons. The molecule has 0 N–H and O–H groups in total. The average Bonchev–Trinajstić information content (AvgIpc) is 3.44. The fraction of sp³-hybridized carbons (Fsp3) is 0.185. The molecule has 2 saturated heterocycles. The zero-order valence-corrected chi connectivity index (χ0v) is 18.9. The number of Topliss-reactive ketones (excluding diaryl/α,β-unsaturated/α-hetero) is 2. The molecule has 3 aliphatic rings. The number of aryl methyl sites for hydroxylation is 1. The maximum absolute atomic E-state index is 13.9. The van der Waals surface area contributed by atoms with Gasteiger partial charge in [0, 0.05) is 23.3 Å². The number of nitro benzene ring substituents is 1. The Labute approximate surface area is 204 Å². The molecule has 0 unspecified atom stereocenters. The summed E-state index contributed by atoms with van der Waals surface area (Å²) in [5.41, 5.74) is -0.549. The molecular formula is C27H18N2O7. The van der Waals surface area contributed by atoms with E-state index in [9.17, 15) is 29.3 Å². The highest BCUT2D eigenvalue weighted by molar-refractivity contribution is 6.37. The van der Waals surface area contributed by atoms with Crippen molar-refractivity contribution < 1.29 is 28.8 Å². The molecule has 3 aromatic carbocycles. The van der Waals surface area contributed by atoms with Crippen LogP contribution in [0, 0.1) is 28.9 Å². The lowest BCUT2D eigenvalue weighted by Gasteiger charge is -2.27. The van der Waals surface area contributed by atoms with Crippen LogP contribution in [-0.4, -0.2) is 33.9 Å². The van der Waals surface area contributed by atoms with Gasteiger partial charge in [0.2, 0.25) is 29.0 Å². The van der Waals surface area contributed by atoms with Crippen molar-refractivity contribution in [3.8, 4) is 0 Å². The Balaban J connectivity index is 1.53.